The molecule has 0 aromatic carbocycles. The first-order valence-electron chi connectivity index (χ1n) is 6.27. The predicted molar refractivity (Wildman–Crippen MR) is 73.2 cm³/mol. The molecule has 15 heavy (non-hydrogen) atoms. The maximum absolute atomic E-state index is 3.72. The van der Waals surface area contributed by atoms with Gasteiger partial charge in [-0.1, -0.05) is 50.6 Å². The van der Waals surface area contributed by atoms with Crippen molar-refractivity contribution in [2.24, 2.45) is 0 Å². The molecular weight excluding hydrogens is 180 g/mol. The van der Waals surface area contributed by atoms with Crippen LogP contribution in [-0.2, 0) is 0 Å². The summed E-state index contributed by atoms with van der Waals surface area (Å²) in [7, 11) is 0. The molecule has 0 unspecified atom stereocenters. The van der Waals surface area contributed by atoms with Gasteiger partial charge in [0.1, 0.15) is 0 Å². The Labute approximate surface area is 96.8 Å². The maximum Gasteiger partial charge on any atom is -0.0282 e. The van der Waals surface area contributed by atoms with Crippen molar-refractivity contribution in [3.63, 3.8) is 0 Å². The summed E-state index contributed by atoms with van der Waals surface area (Å²) in [5.41, 5.74) is 1.46. The lowest BCUT2D eigenvalue weighted by Gasteiger charge is -2.00. The van der Waals surface area contributed by atoms with Gasteiger partial charge in [0.15, 0.2) is 0 Å². The minimum Gasteiger partial charge on any atom is -0.103 e. The molecule has 0 aromatic rings. The average molecular weight is 208 g/mol. The highest BCUT2D eigenvalue weighted by Crippen LogP contribution is 2.10. The Bertz CT molecular complexity index is 172. The van der Waals surface area contributed by atoms with Gasteiger partial charge in [-0.05, 0) is 39.0 Å². The summed E-state index contributed by atoms with van der Waals surface area (Å²) in [4.78, 5) is 0. The van der Waals surface area contributed by atoms with Crippen LogP contribution >= 0.6 is 0 Å². The summed E-state index contributed by atoms with van der Waals surface area (Å²) in [6.45, 7) is 12.0. The van der Waals surface area contributed by atoms with Gasteiger partial charge >= 0.3 is 0 Å². The van der Waals surface area contributed by atoms with Crippen LogP contribution in [0.2, 0.25) is 0 Å². The molecule has 88 valence electrons. The molecule has 0 saturated heterocycles. The van der Waals surface area contributed by atoms with E-state index in [0.717, 1.165) is 12.8 Å². The van der Waals surface area contributed by atoms with Gasteiger partial charge in [0.2, 0.25) is 0 Å². The normalized spacial score (nSPS) is 11.1. The summed E-state index contributed by atoms with van der Waals surface area (Å²) in [5, 5.41) is 0. The summed E-state index contributed by atoms with van der Waals surface area (Å²) in [6, 6.07) is 0. The fourth-order valence-corrected chi connectivity index (χ4v) is 1.21. The zero-order valence-corrected chi connectivity index (χ0v) is 11.1. The minimum atomic E-state index is 1.13. The fourth-order valence-electron chi connectivity index (χ4n) is 1.21. The molecule has 0 saturated carbocycles. The number of hydrogen-bond acceptors (Lipinski definition) is 0. The van der Waals surface area contributed by atoms with Crippen molar-refractivity contribution >= 4 is 0 Å². The van der Waals surface area contributed by atoms with Crippen LogP contribution in [0, 0.1) is 0 Å². The largest absolute Gasteiger partial charge is 0.103 e. The van der Waals surface area contributed by atoms with E-state index in [-0.39, 0.29) is 0 Å². The first kappa shape index (κ1) is 16.6. The second-order valence-electron chi connectivity index (χ2n) is 3.21. The Kier molecular flexibility index (Phi) is 17.4. The van der Waals surface area contributed by atoms with Gasteiger partial charge < -0.3 is 0 Å². The molecule has 0 aliphatic rings. The van der Waals surface area contributed by atoms with E-state index in [1.165, 1.54) is 24.8 Å². The van der Waals surface area contributed by atoms with E-state index in [4.69, 9.17) is 0 Å². The standard InChI is InChI=1S/C13H22.C2H6/c1-4-7-9-10-12-13(6-3)11-8-5-2;1-2/h4,6,8,11H,1,5,7,9-10,12H2,2-3H3;1-2H3/b11-8-,13-6+;. The van der Waals surface area contributed by atoms with Gasteiger partial charge in [-0.25, -0.2) is 0 Å². The van der Waals surface area contributed by atoms with E-state index in [9.17, 15) is 0 Å². The highest BCUT2D eigenvalue weighted by molar-refractivity contribution is 5.17. The molecule has 0 aromatic heterocycles. The van der Waals surface area contributed by atoms with Crippen LogP contribution < -0.4 is 0 Å². The molecule has 0 fully saturated rings. The van der Waals surface area contributed by atoms with Crippen LogP contribution in [0.1, 0.15) is 59.8 Å². The maximum atomic E-state index is 3.72. The molecule has 0 radical (unpaired) electrons. The van der Waals surface area contributed by atoms with Crippen LogP contribution in [0.4, 0.5) is 0 Å². The zero-order valence-electron chi connectivity index (χ0n) is 11.1. The van der Waals surface area contributed by atoms with Crippen LogP contribution in [0.25, 0.3) is 0 Å². The van der Waals surface area contributed by atoms with E-state index >= 15 is 0 Å². The second kappa shape index (κ2) is 15.7. The van der Waals surface area contributed by atoms with Crippen LogP contribution in [0.5, 0.6) is 0 Å². The van der Waals surface area contributed by atoms with E-state index in [1.54, 1.807) is 0 Å². The number of hydrogen-bond donors (Lipinski definition) is 0. The highest BCUT2D eigenvalue weighted by atomic mass is 14.0. The van der Waals surface area contributed by atoms with E-state index in [0.29, 0.717) is 0 Å². The molecule has 0 bridgehead atoms. The van der Waals surface area contributed by atoms with Crippen molar-refractivity contribution < 1.29 is 0 Å². The SMILES string of the molecule is C=CCCCCC(/C=C\CC)=C/C.CC. The first-order valence-corrected chi connectivity index (χ1v) is 6.27. The third-order valence-electron chi connectivity index (χ3n) is 2.06. The van der Waals surface area contributed by atoms with Crippen molar-refractivity contribution in [2.45, 2.75) is 59.8 Å². The van der Waals surface area contributed by atoms with Crippen molar-refractivity contribution in [2.75, 3.05) is 0 Å². The Balaban J connectivity index is 0. The smallest absolute Gasteiger partial charge is 0.0282 e. The first-order chi connectivity index (χ1) is 7.35. The average Bonchev–Trinajstić information content (AvgIpc) is 2.31. The summed E-state index contributed by atoms with van der Waals surface area (Å²) < 4.78 is 0. The van der Waals surface area contributed by atoms with Gasteiger partial charge in [-0.3, -0.25) is 0 Å². The third-order valence-corrected chi connectivity index (χ3v) is 2.06. The number of unbranched alkanes of at least 4 members (excludes halogenated alkanes) is 2. The lowest BCUT2D eigenvalue weighted by atomic mass is 10.1. The van der Waals surface area contributed by atoms with Crippen LogP contribution in [0.15, 0.2) is 36.5 Å². The number of rotatable bonds is 7. The fraction of sp³-hybridized carbons (Fsp3) is 0.600. The molecule has 0 heterocycles. The summed E-state index contributed by atoms with van der Waals surface area (Å²) in [6.07, 6.45) is 14.7. The highest BCUT2D eigenvalue weighted by Gasteiger charge is 1.90. The van der Waals surface area contributed by atoms with Crippen molar-refractivity contribution in [3.8, 4) is 0 Å². The van der Waals surface area contributed by atoms with E-state index in [2.05, 4.69) is 38.7 Å². The molecule has 0 atom stereocenters. The predicted octanol–water partition coefficient (Wildman–Crippen LogP) is 5.67. The monoisotopic (exact) mass is 208 g/mol. The molecule has 0 rings (SSSR count). The lowest BCUT2D eigenvalue weighted by Crippen LogP contribution is -1.80. The van der Waals surface area contributed by atoms with Crippen molar-refractivity contribution in [3.05, 3.63) is 36.5 Å². The second-order valence-corrected chi connectivity index (χ2v) is 3.21. The van der Waals surface area contributed by atoms with Gasteiger partial charge in [-0.2, -0.15) is 0 Å². The van der Waals surface area contributed by atoms with Crippen LogP contribution in [0.3, 0.4) is 0 Å². The molecule has 0 aliphatic carbocycles. The van der Waals surface area contributed by atoms with Gasteiger partial charge in [0.05, 0.1) is 0 Å². The Morgan fingerprint density at radius 2 is 1.87 bits per heavy atom. The molecule has 0 spiro atoms. The quantitative estimate of drug-likeness (QED) is 0.287. The summed E-state index contributed by atoms with van der Waals surface area (Å²) in [5.74, 6) is 0. The van der Waals surface area contributed by atoms with Gasteiger partial charge in [0.25, 0.3) is 0 Å². The van der Waals surface area contributed by atoms with Crippen molar-refractivity contribution in [1.29, 1.82) is 0 Å². The molecule has 0 heteroatoms. The lowest BCUT2D eigenvalue weighted by molar-refractivity contribution is 0.749. The topological polar surface area (TPSA) is 0 Å². The molecule has 0 nitrogen and oxygen atoms in total. The number of allylic oxidation sites excluding steroid dienone is 5. The van der Waals surface area contributed by atoms with Gasteiger partial charge in [-0.15, -0.1) is 6.58 Å². The van der Waals surface area contributed by atoms with E-state index in [1.807, 2.05) is 19.9 Å². The Morgan fingerprint density at radius 3 is 2.33 bits per heavy atom. The third kappa shape index (κ3) is 13.2. The van der Waals surface area contributed by atoms with Crippen LogP contribution in [-0.4, -0.2) is 0 Å². The molecule has 0 aliphatic heterocycles. The summed E-state index contributed by atoms with van der Waals surface area (Å²) >= 11 is 0. The van der Waals surface area contributed by atoms with Crippen molar-refractivity contribution in [1.82, 2.24) is 0 Å². The molecule has 0 amide bonds. The molecular formula is C15H28. The Hall–Kier alpha value is -0.780. The van der Waals surface area contributed by atoms with Gasteiger partial charge in [0, 0.05) is 0 Å². The Morgan fingerprint density at radius 1 is 1.20 bits per heavy atom. The zero-order chi connectivity index (χ0) is 11.9. The minimum absolute atomic E-state index is 1.13. The molecule has 0 N–H and O–H groups in total. The van der Waals surface area contributed by atoms with E-state index < -0.39 is 0 Å².